The monoisotopic (exact) mass is 376 g/mol. The lowest BCUT2D eigenvalue weighted by Gasteiger charge is -2.13. The van der Waals surface area contributed by atoms with Gasteiger partial charge in [0.2, 0.25) is 0 Å². The van der Waals surface area contributed by atoms with E-state index in [1.807, 2.05) is 36.4 Å². The Bertz CT molecular complexity index is 963. The van der Waals surface area contributed by atoms with E-state index in [4.69, 9.17) is 4.74 Å². The van der Waals surface area contributed by atoms with Gasteiger partial charge in [-0.1, -0.05) is 25.0 Å². The fourth-order valence-electron chi connectivity index (χ4n) is 3.61. The second kappa shape index (κ2) is 8.25. The molecule has 0 spiro atoms. The van der Waals surface area contributed by atoms with Crippen LogP contribution < -0.4 is 10.1 Å². The molecule has 1 amide bonds. The number of carbonyl (C=O) groups is 1. The molecule has 3 aromatic rings. The minimum absolute atomic E-state index is 0.196. The van der Waals surface area contributed by atoms with Crippen molar-refractivity contribution in [2.75, 3.05) is 12.4 Å². The normalized spacial score (nSPS) is 13.9. The number of fused-ring (bicyclic) bond motifs is 1. The third-order valence-corrected chi connectivity index (χ3v) is 5.11. The zero-order valence-corrected chi connectivity index (χ0v) is 16.0. The van der Waals surface area contributed by atoms with Crippen molar-refractivity contribution in [3.63, 3.8) is 0 Å². The van der Waals surface area contributed by atoms with Gasteiger partial charge in [-0.15, -0.1) is 10.2 Å². The Morgan fingerprint density at radius 2 is 1.79 bits per heavy atom. The summed E-state index contributed by atoms with van der Waals surface area (Å²) < 4.78 is 7.50. The van der Waals surface area contributed by atoms with Crippen molar-refractivity contribution < 1.29 is 9.53 Å². The first-order valence-corrected chi connectivity index (χ1v) is 9.73. The lowest BCUT2D eigenvalue weighted by atomic mass is 10.1. The summed E-state index contributed by atoms with van der Waals surface area (Å²) in [4.78, 5) is 12.6. The maximum Gasteiger partial charge on any atom is 0.259 e. The fourth-order valence-corrected chi connectivity index (χ4v) is 3.61. The molecule has 2 heterocycles. The number of para-hydroxylation sites is 1. The Hall–Kier alpha value is -3.15. The van der Waals surface area contributed by atoms with Gasteiger partial charge in [-0.05, 0) is 49.2 Å². The minimum Gasteiger partial charge on any atom is -0.496 e. The van der Waals surface area contributed by atoms with Crippen LogP contribution in [0.2, 0.25) is 0 Å². The molecule has 0 atom stereocenters. The van der Waals surface area contributed by atoms with E-state index in [0.717, 1.165) is 42.3 Å². The Morgan fingerprint density at radius 1 is 1.00 bits per heavy atom. The van der Waals surface area contributed by atoms with E-state index in [1.165, 1.54) is 19.3 Å². The molecule has 2 aromatic carbocycles. The van der Waals surface area contributed by atoms with E-state index < -0.39 is 0 Å². The summed E-state index contributed by atoms with van der Waals surface area (Å²) in [7, 11) is 1.56. The van der Waals surface area contributed by atoms with Crippen LogP contribution in [0.15, 0.2) is 48.5 Å². The number of aryl methyl sites for hydroxylation is 1. The second-order valence-electron chi connectivity index (χ2n) is 6.99. The van der Waals surface area contributed by atoms with Gasteiger partial charge < -0.3 is 14.6 Å². The predicted octanol–water partition coefficient (Wildman–Crippen LogP) is 4.32. The summed E-state index contributed by atoms with van der Waals surface area (Å²) in [6.07, 6.45) is 5.84. The molecule has 0 unspecified atom stereocenters. The Morgan fingerprint density at radius 3 is 2.61 bits per heavy atom. The van der Waals surface area contributed by atoms with Gasteiger partial charge in [-0.3, -0.25) is 4.79 Å². The number of methoxy groups -OCH3 is 1. The number of nitrogens with one attached hydrogen (secondary N) is 1. The number of rotatable bonds is 4. The molecule has 0 saturated carbocycles. The first-order chi connectivity index (χ1) is 13.8. The van der Waals surface area contributed by atoms with Crippen LogP contribution in [0, 0.1) is 0 Å². The molecule has 0 saturated heterocycles. The molecule has 0 aliphatic carbocycles. The molecule has 144 valence electrons. The first kappa shape index (κ1) is 18.2. The third-order valence-electron chi connectivity index (χ3n) is 5.11. The van der Waals surface area contributed by atoms with Crippen LogP contribution in [0.4, 0.5) is 5.69 Å². The highest BCUT2D eigenvalue weighted by Gasteiger charge is 2.16. The Kier molecular flexibility index (Phi) is 5.37. The molecule has 1 N–H and O–H groups in total. The summed E-state index contributed by atoms with van der Waals surface area (Å²) in [5.74, 6) is 2.33. The minimum atomic E-state index is -0.196. The van der Waals surface area contributed by atoms with Crippen LogP contribution >= 0.6 is 0 Å². The van der Waals surface area contributed by atoms with Gasteiger partial charge in [0.05, 0.1) is 12.7 Å². The molecular weight excluding hydrogens is 352 g/mol. The molecule has 0 radical (unpaired) electrons. The summed E-state index contributed by atoms with van der Waals surface area (Å²) in [6, 6.07) is 14.9. The van der Waals surface area contributed by atoms with Gasteiger partial charge in [0, 0.05) is 24.2 Å². The van der Waals surface area contributed by atoms with Gasteiger partial charge in [-0.25, -0.2) is 0 Å². The van der Waals surface area contributed by atoms with Gasteiger partial charge in [0.25, 0.3) is 5.91 Å². The zero-order valence-electron chi connectivity index (χ0n) is 16.0. The number of benzene rings is 2. The van der Waals surface area contributed by atoms with Crippen molar-refractivity contribution >= 4 is 11.6 Å². The van der Waals surface area contributed by atoms with Crippen LogP contribution in [0.1, 0.15) is 41.9 Å². The van der Waals surface area contributed by atoms with E-state index in [1.54, 1.807) is 19.2 Å². The van der Waals surface area contributed by atoms with E-state index in [0.29, 0.717) is 11.3 Å². The number of carbonyl (C=O) groups excluding carboxylic acids is 1. The number of hydrogen-bond acceptors (Lipinski definition) is 4. The quantitative estimate of drug-likeness (QED) is 0.736. The number of hydrogen-bond donors (Lipinski definition) is 1. The van der Waals surface area contributed by atoms with Crippen molar-refractivity contribution in [1.29, 1.82) is 0 Å². The van der Waals surface area contributed by atoms with Crippen molar-refractivity contribution in [2.45, 2.75) is 38.6 Å². The Balaban J connectivity index is 1.52. The smallest absolute Gasteiger partial charge is 0.259 e. The standard InChI is InChI=1S/C22H24N4O2/c1-28-19-9-6-5-8-18(19)22(27)23-17-13-11-16(12-14-17)21-25-24-20-10-4-2-3-7-15-26(20)21/h5-6,8-9,11-14H,2-4,7,10,15H2,1H3,(H,23,27). The summed E-state index contributed by atoms with van der Waals surface area (Å²) in [6.45, 7) is 0.962. The molecule has 28 heavy (non-hydrogen) atoms. The molecule has 4 rings (SSSR count). The molecular formula is C22H24N4O2. The van der Waals surface area contributed by atoms with E-state index >= 15 is 0 Å². The van der Waals surface area contributed by atoms with E-state index in [9.17, 15) is 4.79 Å². The van der Waals surface area contributed by atoms with Crippen molar-refractivity contribution in [2.24, 2.45) is 0 Å². The molecule has 1 aliphatic heterocycles. The Labute approximate surface area is 164 Å². The number of ether oxygens (including phenoxy) is 1. The van der Waals surface area contributed by atoms with Crippen molar-refractivity contribution in [1.82, 2.24) is 14.8 Å². The average molecular weight is 376 g/mol. The first-order valence-electron chi connectivity index (χ1n) is 9.73. The maximum atomic E-state index is 12.6. The van der Waals surface area contributed by atoms with Gasteiger partial charge in [0.1, 0.15) is 11.6 Å². The van der Waals surface area contributed by atoms with Crippen molar-refractivity contribution in [3.8, 4) is 17.1 Å². The molecule has 0 fully saturated rings. The number of aromatic nitrogens is 3. The number of anilines is 1. The van der Waals surface area contributed by atoms with Crippen molar-refractivity contribution in [3.05, 3.63) is 59.9 Å². The fraction of sp³-hybridized carbons (Fsp3) is 0.318. The highest BCUT2D eigenvalue weighted by Crippen LogP contribution is 2.24. The van der Waals surface area contributed by atoms with Gasteiger partial charge in [0.15, 0.2) is 5.82 Å². The summed E-state index contributed by atoms with van der Waals surface area (Å²) in [5, 5.41) is 11.7. The van der Waals surface area contributed by atoms with Gasteiger partial charge in [-0.2, -0.15) is 0 Å². The molecule has 1 aliphatic rings. The average Bonchev–Trinajstić information content (AvgIpc) is 3.10. The van der Waals surface area contributed by atoms with E-state index in [-0.39, 0.29) is 5.91 Å². The van der Waals surface area contributed by atoms with Gasteiger partial charge >= 0.3 is 0 Å². The molecule has 6 heteroatoms. The number of nitrogens with zero attached hydrogens (tertiary/aromatic N) is 3. The largest absolute Gasteiger partial charge is 0.496 e. The highest BCUT2D eigenvalue weighted by molar-refractivity contribution is 6.06. The van der Waals surface area contributed by atoms with E-state index in [2.05, 4.69) is 20.1 Å². The maximum absolute atomic E-state index is 12.6. The van der Waals surface area contributed by atoms with Crippen LogP contribution in [0.5, 0.6) is 5.75 Å². The summed E-state index contributed by atoms with van der Waals surface area (Å²) in [5.41, 5.74) is 2.24. The SMILES string of the molecule is COc1ccccc1C(=O)Nc1ccc(-c2nnc3n2CCCCCC3)cc1. The topological polar surface area (TPSA) is 69.0 Å². The number of amides is 1. The third kappa shape index (κ3) is 3.76. The van der Waals surface area contributed by atoms with Crippen LogP contribution in [-0.2, 0) is 13.0 Å². The lowest BCUT2D eigenvalue weighted by molar-refractivity contribution is 0.102. The van der Waals surface area contributed by atoms with Crippen LogP contribution in [0.3, 0.4) is 0 Å². The van der Waals surface area contributed by atoms with Crippen LogP contribution in [-0.4, -0.2) is 27.8 Å². The predicted molar refractivity (Wildman–Crippen MR) is 109 cm³/mol. The molecule has 0 bridgehead atoms. The lowest BCUT2D eigenvalue weighted by Crippen LogP contribution is -2.13. The second-order valence-corrected chi connectivity index (χ2v) is 6.99. The molecule has 1 aromatic heterocycles. The molecule has 6 nitrogen and oxygen atoms in total. The zero-order chi connectivity index (χ0) is 19.3. The van der Waals surface area contributed by atoms with Crippen LogP contribution in [0.25, 0.3) is 11.4 Å². The summed E-state index contributed by atoms with van der Waals surface area (Å²) >= 11 is 0. The highest BCUT2D eigenvalue weighted by atomic mass is 16.5.